The van der Waals surface area contributed by atoms with E-state index in [0.717, 1.165) is 30.7 Å². The smallest absolute Gasteiger partial charge is 0.157 e. The number of nitrogens with zero attached hydrogens (tertiary/aromatic N) is 2. The van der Waals surface area contributed by atoms with Gasteiger partial charge in [0.15, 0.2) is 5.82 Å². The van der Waals surface area contributed by atoms with Crippen LogP contribution in [0.5, 0.6) is 0 Å². The van der Waals surface area contributed by atoms with E-state index in [2.05, 4.69) is 47.1 Å². The molecule has 0 bridgehead atoms. The average molecular weight is 434 g/mol. The molecule has 0 saturated carbocycles. The summed E-state index contributed by atoms with van der Waals surface area (Å²) in [6.45, 7) is 0. The SMILES string of the molecule is Clc1c(Br)cccc1Nc1nccc2sc(CBr)nc12. The minimum atomic E-state index is 0.627. The first kappa shape index (κ1) is 14.3. The monoisotopic (exact) mass is 431 g/mol. The molecule has 0 spiro atoms. The highest BCUT2D eigenvalue weighted by Crippen LogP contribution is 2.34. The van der Waals surface area contributed by atoms with E-state index < -0.39 is 0 Å². The van der Waals surface area contributed by atoms with Gasteiger partial charge in [-0.15, -0.1) is 11.3 Å². The Morgan fingerprint density at radius 2 is 2.15 bits per heavy atom. The minimum Gasteiger partial charge on any atom is -0.337 e. The Bertz CT molecular complexity index is 775. The number of alkyl halides is 1. The maximum Gasteiger partial charge on any atom is 0.157 e. The van der Waals surface area contributed by atoms with Gasteiger partial charge in [-0.3, -0.25) is 0 Å². The second kappa shape index (κ2) is 5.97. The molecule has 7 heteroatoms. The van der Waals surface area contributed by atoms with E-state index >= 15 is 0 Å². The fraction of sp³-hybridized carbons (Fsp3) is 0.0769. The Hall–Kier alpha value is -0.690. The number of nitrogens with one attached hydrogen (secondary N) is 1. The lowest BCUT2D eigenvalue weighted by Gasteiger charge is -2.08. The van der Waals surface area contributed by atoms with Crippen LogP contribution in [0.15, 0.2) is 34.9 Å². The number of pyridine rings is 1. The number of rotatable bonds is 3. The van der Waals surface area contributed by atoms with Crippen LogP contribution in [0.2, 0.25) is 5.02 Å². The molecule has 3 nitrogen and oxygen atoms in total. The summed E-state index contributed by atoms with van der Waals surface area (Å²) >= 11 is 14.8. The zero-order valence-electron chi connectivity index (χ0n) is 10.0. The van der Waals surface area contributed by atoms with Crippen molar-refractivity contribution >= 4 is 76.5 Å². The predicted octanol–water partition coefficient (Wildman–Crippen LogP) is 5.75. The third-order valence-corrected chi connectivity index (χ3v) is 5.89. The van der Waals surface area contributed by atoms with E-state index in [9.17, 15) is 0 Å². The summed E-state index contributed by atoms with van der Waals surface area (Å²) in [5.74, 6) is 0.714. The summed E-state index contributed by atoms with van der Waals surface area (Å²) in [6, 6.07) is 7.69. The van der Waals surface area contributed by atoms with Gasteiger partial charge in [-0.1, -0.05) is 33.6 Å². The molecule has 0 aliphatic carbocycles. The van der Waals surface area contributed by atoms with E-state index in [1.807, 2.05) is 24.3 Å². The molecule has 0 unspecified atom stereocenters. The van der Waals surface area contributed by atoms with Crippen LogP contribution in [0, 0.1) is 0 Å². The molecule has 1 N–H and O–H groups in total. The molecule has 1 aromatic carbocycles. The molecule has 3 rings (SSSR count). The second-order valence-electron chi connectivity index (χ2n) is 3.97. The quantitative estimate of drug-likeness (QED) is 0.535. The van der Waals surface area contributed by atoms with E-state index in [-0.39, 0.29) is 0 Å². The lowest BCUT2D eigenvalue weighted by atomic mass is 10.3. The first-order valence-corrected chi connectivity index (χ1v) is 8.81. The molecule has 2 aromatic heterocycles. The first-order valence-electron chi connectivity index (χ1n) is 5.70. The number of hydrogen-bond acceptors (Lipinski definition) is 4. The van der Waals surface area contributed by atoms with Gasteiger partial charge in [0.1, 0.15) is 10.5 Å². The summed E-state index contributed by atoms with van der Waals surface area (Å²) in [4.78, 5) is 8.94. The van der Waals surface area contributed by atoms with E-state index in [4.69, 9.17) is 11.6 Å². The average Bonchev–Trinajstić information content (AvgIpc) is 2.88. The zero-order valence-corrected chi connectivity index (χ0v) is 14.8. The van der Waals surface area contributed by atoms with Crippen LogP contribution < -0.4 is 5.32 Å². The summed E-state index contributed by atoms with van der Waals surface area (Å²) in [5.41, 5.74) is 1.66. The van der Waals surface area contributed by atoms with Gasteiger partial charge in [0.2, 0.25) is 0 Å². The van der Waals surface area contributed by atoms with Crippen LogP contribution in [0.1, 0.15) is 5.01 Å². The van der Waals surface area contributed by atoms with Crippen LogP contribution in [-0.2, 0) is 5.33 Å². The van der Waals surface area contributed by atoms with Crippen molar-refractivity contribution in [3.05, 3.63) is 45.0 Å². The second-order valence-corrected chi connectivity index (χ2v) is 6.88. The van der Waals surface area contributed by atoms with Gasteiger partial charge in [0, 0.05) is 10.7 Å². The molecule has 0 saturated heterocycles. The zero-order chi connectivity index (χ0) is 14.1. The highest BCUT2D eigenvalue weighted by Gasteiger charge is 2.11. The van der Waals surface area contributed by atoms with Crippen molar-refractivity contribution in [1.82, 2.24) is 9.97 Å². The topological polar surface area (TPSA) is 37.8 Å². The van der Waals surface area contributed by atoms with E-state index in [0.29, 0.717) is 10.8 Å². The van der Waals surface area contributed by atoms with Gasteiger partial charge in [-0.2, -0.15) is 0 Å². The number of hydrogen-bond donors (Lipinski definition) is 1. The molecule has 0 aliphatic rings. The Morgan fingerprint density at radius 3 is 2.95 bits per heavy atom. The molecule has 102 valence electrons. The Kier molecular flexibility index (Phi) is 4.26. The van der Waals surface area contributed by atoms with Crippen molar-refractivity contribution in [2.75, 3.05) is 5.32 Å². The van der Waals surface area contributed by atoms with Crippen molar-refractivity contribution in [2.24, 2.45) is 0 Å². The third kappa shape index (κ3) is 2.70. The van der Waals surface area contributed by atoms with Crippen molar-refractivity contribution in [3.63, 3.8) is 0 Å². The molecule has 0 fully saturated rings. The van der Waals surface area contributed by atoms with Crippen LogP contribution in [-0.4, -0.2) is 9.97 Å². The summed E-state index contributed by atoms with van der Waals surface area (Å²) in [5, 5.41) is 5.64. The first-order chi connectivity index (χ1) is 9.69. The number of anilines is 2. The van der Waals surface area contributed by atoms with E-state index in [1.54, 1.807) is 17.5 Å². The normalized spacial score (nSPS) is 10.9. The number of halogens is 3. The summed E-state index contributed by atoms with van der Waals surface area (Å²) in [7, 11) is 0. The van der Waals surface area contributed by atoms with Gasteiger partial charge in [0.25, 0.3) is 0 Å². The van der Waals surface area contributed by atoms with Crippen molar-refractivity contribution in [2.45, 2.75) is 5.33 Å². The number of benzene rings is 1. The van der Waals surface area contributed by atoms with Gasteiger partial charge in [-0.05, 0) is 34.1 Å². The van der Waals surface area contributed by atoms with E-state index in [1.165, 1.54) is 0 Å². The number of aromatic nitrogens is 2. The molecule has 0 radical (unpaired) electrons. The number of thiazole rings is 1. The molecular weight excluding hydrogens is 425 g/mol. The molecular formula is C13H8Br2ClN3S. The molecule has 2 heterocycles. The number of fused-ring (bicyclic) bond motifs is 1. The third-order valence-electron chi connectivity index (χ3n) is 2.67. The summed E-state index contributed by atoms with van der Waals surface area (Å²) < 4.78 is 1.94. The van der Waals surface area contributed by atoms with Gasteiger partial charge in [-0.25, -0.2) is 9.97 Å². The fourth-order valence-electron chi connectivity index (χ4n) is 1.78. The van der Waals surface area contributed by atoms with Gasteiger partial charge >= 0.3 is 0 Å². The molecule has 0 atom stereocenters. The standard InChI is InChI=1S/C13H8Br2ClN3S/c14-6-10-19-12-9(20-10)4-5-17-13(12)18-8-3-1-2-7(15)11(8)16/h1-5H,6H2,(H,17,18). The lowest BCUT2D eigenvalue weighted by Crippen LogP contribution is -1.95. The lowest BCUT2D eigenvalue weighted by molar-refractivity contribution is 1.28. The van der Waals surface area contributed by atoms with Gasteiger partial charge in [0.05, 0.1) is 20.7 Å². The minimum absolute atomic E-state index is 0.627. The summed E-state index contributed by atoms with van der Waals surface area (Å²) in [6.07, 6.45) is 1.77. The van der Waals surface area contributed by atoms with Crippen LogP contribution in [0.3, 0.4) is 0 Å². The largest absolute Gasteiger partial charge is 0.337 e. The van der Waals surface area contributed by atoms with Crippen molar-refractivity contribution in [1.29, 1.82) is 0 Å². The highest BCUT2D eigenvalue weighted by molar-refractivity contribution is 9.10. The molecule has 0 aliphatic heterocycles. The fourth-order valence-corrected chi connectivity index (χ4v) is 3.60. The molecule has 20 heavy (non-hydrogen) atoms. The van der Waals surface area contributed by atoms with Crippen LogP contribution in [0.25, 0.3) is 10.2 Å². The molecule has 0 amide bonds. The van der Waals surface area contributed by atoms with Crippen molar-refractivity contribution in [3.8, 4) is 0 Å². The van der Waals surface area contributed by atoms with Crippen molar-refractivity contribution < 1.29 is 0 Å². The highest BCUT2D eigenvalue weighted by atomic mass is 79.9. The van der Waals surface area contributed by atoms with Gasteiger partial charge < -0.3 is 5.32 Å². The Morgan fingerprint density at radius 1 is 1.30 bits per heavy atom. The maximum absolute atomic E-state index is 6.26. The Labute approximate surface area is 141 Å². The maximum atomic E-state index is 6.26. The Balaban J connectivity index is 2.06. The van der Waals surface area contributed by atoms with Crippen LogP contribution >= 0.6 is 54.8 Å². The van der Waals surface area contributed by atoms with Crippen LogP contribution in [0.4, 0.5) is 11.5 Å². The molecule has 3 aromatic rings. The predicted molar refractivity (Wildman–Crippen MR) is 92.5 cm³/mol.